The second-order valence-electron chi connectivity index (χ2n) is 9.46. The highest BCUT2D eigenvalue weighted by Gasteiger charge is 2.27. The fourth-order valence-electron chi connectivity index (χ4n) is 5.18. The highest BCUT2D eigenvalue weighted by Crippen LogP contribution is 2.25. The lowest BCUT2D eigenvalue weighted by Crippen LogP contribution is -2.52. The van der Waals surface area contributed by atoms with Gasteiger partial charge in [0.05, 0.1) is 6.54 Å². The standard InChI is InChI=1S/C22H40N4O2/c1-17-4-3-5-20(14-17)24-21(27)16-25-10-12-26(13-11-25)22(28)15-18(2)19-6-8-23-9-7-19/h17-20,23H,3-16H2,1-2H3,(H,24,27). The molecule has 6 nitrogen and oxygen atoms in total. The van der Waals surface area contributed by atoms with Crippen molar-refractivity contribution < 1.29 is 9.59 Å². The average molecular weight is 393 g/mol. The molecule has 3 fully saturated rings. The summed E-state index contributed by atoms with van der Waals surface area (Å²) in [5.74, 6) is 2.32. The Morgan fingerprint density at radius 2 is 1.79 bits per heavy atom. The molecule has 2 N–H and O–H groups in total. The van der Waals surface area contributed by atoms with Crippen LogP contribution in [0.15, 0.2) is 0 Å². The maximum Gasteiger partial charge on any atom is 0.234 e. The van der Waals surface area contributed by atoms with Crippen molar-refractivity contribution in [1.29, 1.82) is 0 Å². The molecule has 2 amide bonds. The number of nitrogens with one attached hydrogen (secondary N) is 2. The van der Waals surface area contributed by atoms with Crippen molar-refractivity contribution in [3.05, 3.63) is 0 Å². The molecule has 0 bridgehead atoms. The first-order valence-electron chi connectivity index (χ1n) is 11.5. The molecule has 3 aliphatic rings. The Hall–Kier alpha value is -1.14. The van der Waals surface area contributed by atoms with E-state index in [0.29, 0.717) is 36.8 Å². The van der Waals surface area contributed by atoms with Crippen molar-refractivity contribution >= 4 is 11.8 Å². The van der Waals surface area contributed by atoms with Crippen LogP contribution < -0.4 is 10.6 Å². The Bertz CT molecular complexity index is 513. The predicted octanol–water partition coefficient (Wildman–Crippen LogP) is 1.85. The van der Waals surface area contributed by atoms with Crippen molar-refractivity contribution in [2.75, 3.05) is 45.8 Å². The van der Waals surface area contributed by atoms with Crippen molar-refractivity contribution in [3.8, 4) is 0 Å². The third-order valence-corrected chi connectivity index (χ3v) is 7.08. The first-order chi connectivity index (χ1) is 13.5. The largest absolute Gasteiger partial charge is 0.352 e. The minimum absolute atomic E-state index is 0.151. The van der Waals surface area contributed by atoms with Crippen LogP contribution in [0.1, 0.15) is 58.8 Å². The number of carbonyl (C=O) groups is 2. The van der Waals surface area contributed by atoms with E-state index in [9.17, 15) is 9.59 Å². The topological polar surface area (TPSA) is 64.7 Å². The van der Waals surface area contributed by atoms with Gasteiger partial charge in [0.15, 0.2) is 0 Å². The molecule has 6 heteroatoms. The van der Waals surface area contributed by atoms with Crippen molar-refractivity contribution in [1.82, 2.24) is 20.4 Å². The van der Waals surface area contributed by atoms with Crippen LogP contribution in [0.3, 0.4) is 0 Å². The summed E-state index contributed by atoms with van der Waals surface area (Å²) >= 11 is 0. The number of amides is 2. The van der Waals surface area contributed by atoms with Crippen LogP contribution in [0, 0.1) is 17.8 Å². The number of hydrogen-bond acceptors (Lipinski definition) is 4. The summed E-state index contributed by atoms with van der Waals surface area (Å²) in [6, 6.07) is 0.357. The van der Waals surface area contributed by atoms with Crippen LogP contribution >= 0.6 is 0 Å². The summed E-state index contributed by atoms with van der Waals surface area (Å²) in [4.78, 5) is 29.3. The second kappa shape index (κ2) is 10.6. The van der Waals surface area contributed by atoms with Crippen molar-refractivity contribution in [3.63, 3.8) is 0 Å². The fourth-order valence-corrected chi connectivity index (χ4v) is 5.18. The Morgan fingerprint density at radius 3 is 2.46 bits per heavy atom. The van der Waals surface area contributed by atoms with Crippen LogP contribution in [-0.4, -0.2) is 73.5 Å². The molecule has 3 atom stereocenters. The first kappa shape index (κ1) is 21.6. The van der Waals surface area contributed by atoms with Crippen molar-refractivity contribution in [2.45, 2.75) is 64.8 Å². The monoisotopic (exact) mass is 392 g/mol. The van der Waals surface area contributed by atoms with Gasteiger partial charge in [-0.2, -0.15) is 0 Å². The average Bonchev–Trinajstić information content (AvgIpc) is 2.69. The normalized spacial score (nSPS) is 28.7. The molecule has 2 saturated heterocycles. The van der Waals surface area contributed by atoms with Gasteiger partial charge in [-0.05, 0) is 56.5 Å². The van der Waals surface area contributed by atoms with E-state index >= 15 is 0 Å². The summed E-state index contributed by atoms with van der Waals surface area (Å²) in [5.41, 5.74) is 0. The molecule has 0 aromatic heterocycles. The van der Waals surface area contributed by atoms with E-state index in [4.69, 9.17) is 0 Å². The van der Waals surface area contributed by atoms with Gasteiger partial charge in [0.25, 0.3) is 0 Å². The lowest BCUT2D eigenvalue weighted by atomic mass is 9.84. The molecule has 1 saturated carbocycles. The van der Waals surface area contributed by atoms with Gasteiger partial charge >= 0.3 is 0 Å². The highest BCUT2D eigenvalue weighted by molar-refractivity contribution is 5.78. The number of carbonyl (C=O) groups excluding carboxylic acids is 2. The van der Waals surface area contributed by atoms with Crippen LogP contribution in [-0.2, 0) is 9.59 Å². The molecule has 3 rings (SSSR count). The molecule has 0 aromatic carbocycles. The quantitative estimate of drug-likeness (QED) is 0.724. The van der Waals surface area contributed by atoms with E-state index in [1.54, 1.807) is 0 Å². The first-order valence-corrected chi connectivity index (χ1v) is 11.5. The van der Waals surface area contributed by atoms with E-state index in [-0.39, 0.29) is 5.91 Å². The number of piperazine rings is 1. The van der Waals surface area contributed by atoms with Gasteiger partial charge in [0.2, 0.25) is 11.8 Å². The van der Waals surface area contributed by atoms with Gasteiger partial charge in [0, 0.05) is 38.6 Å². The van der Waals surface area contributed by atoms with E-state index in [0.717, 1.165) is 58.0 Å². The maximum atomic E-state index is 12.7. The van der Waals surface area contributed by atoms with Gasteiger partial charge in [0.1, 0.15) is 0 Å². The molecular weight excluding hydrogens is 352 g/mol. The maximum absolute atomic E-state index is 12.7. The third-order valence-electron chi connectivity index (χ3n) is 7.08. The summed E-state index contributed by atoms with van der Waals surface area (Å²) in [7, 11) is 0. The summed E-state index contributed by atoms with van der Waals surface area (Å²) in [6.45, 7) is 10.3. The lowest BCUT2D eigenvalue weighted by molar-refractivity contribution is -0.134. The predicted molar refractivity (Wildman–Crippen MR) is 112 cm³/mol. The summed E-state index contributed by atoms with van der Waals surface area (Å²) < 4.78 is 0. The molecule has 160 valence electrons. The van der Waals surface area contributed by atoms with Crippen molar-refractivity contribution in [2.24, 2.45) is 17.8 Å². The van der Waals surface area contributed by atoms with E-state index in [1.165, 1.54) is 25.7 Å². The number of nitrogens with zero attached hydrogens (tertiary/aromatic N) is 2. The molecule has 1 aliphatic carbocycles. The Kier molecular flexibility index (Phi) is 8.15. The number of rotatable bonds is 6. The van der Waals surface area contributed by atoms with E-state index < -0.39 is 0 Å². The molecule has 2 heterocycles. The van der Waals surface area contributed by atoms with Gasteiger partial charge < -0.3 is 15.5 Å². The zero-order chi connectivity index (χ0) is 19.9. The van der Waals surface area contributed by atoms with Gasteiger partial charge in [-0.15, -0.1) is 0 Å². The molecular formula is C22H40N4O2. The Morgan fingerprint density at radius 1 is 1.07 bits per heavy atom. The molecule has 0 radical (unpaired) electrons. The SMILES string of the molecule is CC1CCCC(NC(=O)CN2CCN(C(=O)CC(C)C3CCNCC3)CC2)C1. The molecule has 2 aliphatic heterocycles. The van der Waals surface area contributed by atoms with E-state index in [1.807, 2.05) is 4.90 Å². The number of piperidine rings is 1. The molecule has 28 heavy (non-hydrogen) atoms. The third kappa shape index (κ3) is 6.45. The fraction of sp³-hybridized carbons (Fsp3) is 0.909. The second-order valence-corrected chi connectivity index (χ2v) is 9.46. The van der Waals surface area contributed by atoms with Gasteiger partial charge in [-0.25, -0.2) is 0 Å². The Balaban J connectivity index is 1.34. The molecule has 3 unspecified atom stereocenters. The minimum Gasteiger partial charge on any atom is -0.352 e. The number of hydrogen-bond donors (Lipinski definition) is 2. The smallest absolute Gasteiger partial charge is 0.234 e. The molecule has 0 spiro atoms. The molecule has 0 aromatic rings. The highest BCUT2D eigenvalue weighted by atomic mass is 16.2. The van der Waals surface area contributed by atoms with Crippen LogP contribution in [0.2, 0.25) is 0 Å². The zero-order valence-corrected chi connectivity index (χ0v) is 17.9. The van der Waals surface area contributed by atoms with Gasteiger partial charge in [-0.3, -0.25) is 14.5 Å². The Labute approximate surface area is 170 Å². The van der Waals surface area contributed by atoms with Crippen LogP contribution in [0.5, 0.6) is 0 Å². The summed E-state index contributed by atoms with van der Waals surface area (Å²) in [5, 5.41) is 6.63. The van der Waals surface area contributed by atoms with Crippen LogP contribution in [0.4, 0.5) is 0 Å². The lowest BCUT2D eigenvalue weighted by Gasteiger charge is -2.36. The van der Waals surface area contributed by atoms with Gasteiger partial charge in [-0.1, -0.05) is 26.7 Å². The van der Waals surface area contributed by atoms with E-state index in [2.05, 4.69) is 29.4 Å². The van der Waals surface area contributed by atoms with Crippen LogP contribution in [0.25, 0.3) is 0 Å². The minimum atomic E-state index is 0.151. The summed E-state index contributed by atoms with van der Waals surface area (Å²) in [6.07, 6.45) is 7.80. The zero-order valence-electron chi connectivity index (χ0n) is 17.9.